The molecule has 0 heterocycles. The van der Waals surface area contributed by atoms with Crippen molar-refractivity contribution in [3.05, 3.63) is 24.3 Å². The van der Waals surface area contributed by atoms with Gasteiger partial charge in [-0.15, -0.1) is 0 Å². The second-order valence-electron chi connectivity index (χ2n) is 4.87. The van der Waals surface area contributed by atoms with Crippen molar-refractivity contribution in [2.24, 2.45) is 10.2 Å². The summed E-state index contributed by atoms with van der Waals surface area (Å²) in [5, 5.41) is 25.9. The van der Waals surface area contributed by atoms with Crippen molar-refractivity contribution in [2.75, 3.05) is 6.61 Å². The summed E-state index contributed by atoms with van der Waals surface area (Å²) in [6.07, 6.45) is -0.341. The highest BCUT2D eigenvalue weighted by Crippen LogP contribution is 2.21. The largest absolute Gasteiger partial charge is 0.466 e. The minimum absolute atomic E-state index is 0.219. The number of carbonyl (C=O) groups is 2. The van der Waals surface area contributed by atoms with Gasteiger partial charge < -0.3 is 19.7 Å². The van der Waals surface area contributed by atoms with Gasteiger partial charge in [0.2, 0.25) is 0 Å². The molecule has 8 heteroatoms. The molecular weight excluding hydrogens is 304 g/mol. The van der Waals surface area contributed by atoms with Crippen molar-refractivity contribution in [3.8, 4) is 5.75 Å². The van der Waals surface area contributed by atoms with E-state index in [-0.39, 0.29) is 24.6 Å². The van der Waals surface area contributed by atoms with E-state index < -0.39 is 18.0 Å². The third kappa shape index (κ3) is 7.48. The highest BCUT2D eigenvalue weighted by atomic mass is 16.8. The predicted octanol–water partition coefficient (Wildman–Crippen LogP) is 1.72. The van der Waals surface area contributed by atoms with Gasteiger partial charge in [-0.1, -0.05) is 0 Å². The molecule has 2 N–H and O–H groups in total. The van der Waals surface area contributed by atoms with Crippen LogP contribution < -0.4 is 4.74 Å². The predicted molar refractivity (Wildman–Crippen MR) is 80.1 cm³/mol. The molecule has 0 aromatic heterocycles. The maximum absolute atomic E-state index is 11.7. The molecular formula is C15H20N2O6. The van der Waals surface area contributed by atoms with Gasteiger partial charge in [0.25, 0.3) is 0 Å². The number of hydrogen-bond acceptors (Lipinski definition) is 8. The van der Waals surface area contributed by atoms with E-state index in [0.717, 1.165) is 6.92 Å². The topological polar surface area (TPSA) is 118 Å². The van der Waals surface area contributed by atoms with Gasteiger partial charge in [0, 0.05) is 6.92 Å². The van der Waals surface area contributed by atoms with Crippen molar-refractivity contribution in [2.45, 2.75) is 39.2 Å². The second kappa shape index (κ2) is 8.35. The van der Waals surface area contributed by atoms with Crippen molar-refractivity contribution in [3.63, 3.8) is 0 Å². The van der Waals surface area contributed by atoms with Crippen LogP contribution in [-0.2, 0) is 14.3 Å². The van der Waals surface area contributed by atoms with E-state index in [2.05, 4.69) is 10.2 Å². The fourth-order valence-corrected chi connectivity index (χ4v) is 1.52. The van der Waals surface area contributed by atoms with Crippen LogP contribution >= 0.6 is 0 Å². The fraction of sp³-hybridized carbons (Fsp3) is 0.467. The molecule has 0 spiro atoms. The summed E-state index contributed by atoms with van der Waals surface area (Å²) in [5.74, 6) is -3.00. The number of ketones is 1. The van der Waals surface area contributed by atoms with Gasteiger partial charge in [0.1, 0.15) is 18.2 Å². The molecule has 0 aliphatic rings. The molecule has 1 aromatic carbocycles. The highest BCUT2D eigenvalue weighted by molar-refractivity contribution is 5.98. The molecule has 23 heavy (non-hydrogen) atoms. The van der Waals surface area contributed by atoms with Crippen LogP contribution in [0.3, 0.4) is 0 Å². The molecule has 1 rings (SSSR count). The zero-order valence-electron chi connectivity index (χ0n) is 13.2. The summed E-state index contributed by atoms with van der Waals surface area (Å²) in [7, 11) is 0. The van der Waals surface area contributed by atoms with E-state index in [4.69, 9.17) is 19.7 Å². The second-order valence-corrected chi connectivity index (χ2v) is 4.87. The maximum Gasteiger partial charge on any atom is 0.318 e. The first-order chi connectivity index (χ1) is 10.7. The highest BCUT2D eigenvalue weighted by Gasteiger charge is 2.18. The molecule has 0 aliphatic carbocycles. The van der Waals surface area contributed by atoms with Gasteiger partial charge in [0.15, 0.2) is 5.78 Å². The van der Waals surface area contributed by atoms with Crippen LogP contribution in [0, 0.1) is 0 Å². The molecule has 0 saturated heterocycles. The Morgan fingerprint density at radius 1 is 1.26 bits per heavy atom. The Balaban J connectivity index is 2.59. The third-order valence-corrected chi connectivity index (χ3v) is 2.58. The Hall–Kier alpha value is -2.32. The Morgan fingerprint density at radius 3 is 2.39 bits per heavy atom. The number of nitrogens with zero attached hydrogens (tertiary/aromatic N) is 2. The number of esters is 1. The Kier molecular flexibility index (Phi) is 6.80. The van der Waals surface area contributed by atoms with E-state index >= 15 is 0 Å². The van der Waals surface area contributed by atoms with Crippen molar-refractivity contribution >= 4 is 17.4 Å². The first kappa shape index (κ1) is 18.7. The molecule has 0 bridgehead atoms. The summed E-state index contributed by atoms with van der Waals surface area (Å²) in [6.45, 7) is 4.50. The summed E-state index contributed by atoms with van der Waals surface area (Å²) in [4.78, 5) is 22.9. The van der Waals surface area contributed by atoms with E-state index in [1.54, 1.807) is 6.92 Å². The third-order valence-electron chi connectivity index (χ3n) is 2.58. The molecule has 0 fully saturated rings. The first-order valence-corrected chi connectivity index (χ1v) is 7.04. The molecule has 0 amide bonds. The summed E-state index contributed by atoms with van der Waals surface area (Å²) in [5.41, 5.74) is 0.450. The van der Waals surface area contributed by atoms with Gasteiger partial charge in [-0.3, -0.25) is 9.59 Å². The van der Waals surface area contributed by atoms with Gasteiger partial charge >= 0.3 is 11.9 Å². The zero-order chi connectivity index (χ0) is 17.5. The molecule has 8 nitrogen and oxygen atoms in total. The Labute approximate surface area is 133 Å². The minimum Gasteiger partial charge on any atom is -0.466 e. The zero-order valence-corrected chi connectivity index (χ0v) is 13.2. The first-order valence-electron chi connectivity index (χ1n) is 7.04. The van der Waals surface area contributed by atoms with E-state index in [0.29, 0.717) is 5.69 Å². The van der Waals surface area contributed by atoms with Gasteiger partial charge in [-0.25, -0.2) is 0 Å². The lowest BCUT2D eigenvalue weighted by Crippen LogP contribution is -2.30. The van der Waals surface area contributed by atoms with E-state index in [1.165, 1.54) is 31.2 Å². The Morgan fingerprint density at radius 2 is 1.87 bits per heavy atom. The average Bonchev–Trinajstić information content (AvgIpc) is 2.44. The van der Waals surface area contributed by atoms with Crippen molar-refractivity contribution < 1.29 is 29.3 Å². The molecule has 1 atom stereocenters. The lowest BCUT2D eigenvalue weighted by molar-refractivity contribution is -0.277. The van der Waals surface area contributed by atoms with Crippen LogP contribution in [0.5, 0.6) is 5.75 Å². The Bertz CT molecular complexity index is 562. The van der Waals surface area contributed by atoms with Gasteiger partial charge in [0.05, 0.1) is 12.3 Å². The SMILES string of the molecule is CCOC(=O)CC(=O)C(C)/N=N/c1ccc(OC(C)(O)O)cc1. The lowest BCUT2D eigenvalue weighted by atomic mass is 10.2. The number of aliphatic hydroxyl groups is 2. The summed E-state index contributed by atoms with van der Waals surface area (Å²) in [6, 6.07) is 5.25. The van der Waals surface area contributed by atoms with E-state index in [9.17, 15) is 9.59 Å². The van der Waals surface area contributed by atoms with Crippen LogP contribution in [0.25, 0.3) is 0 Å². The smallest absolute Gasteiger partial charge is 0.318 e. The number of azo groups is 1. The van der Waals surface area contributed by atoms with Crippen LogP contribution in [0.2, 0.25) is 0 Å². The molecule has 0 radical (unpaired) electrons. The monoisotopic (exact) mass is 324 g/mol. The van der Waals surface area contributed by atoms with Crippen LogP contribution in [-0.4, -0.2) is 40.6 Å². The summed E-state index contributed by atoms with van der Waals surface area (Å²) >= 11 is 0. The quantitative estimate of drug-likeness (QED) is 0.325. The molecule has 126 valence electrons. The number of rotatable bonds is 8. The van der Waals surface area contributed by atoms with Crippen LogP contribution in [0.1, 0.15) is 27.2 Å². The number of Topliss-reactive ketones (excluding diaryl/α,β-unsaturated/α-hetero) is 1. The van der Waals surface area contributed by atoms with Gasteiger partial charge in [-0.2, -0.15) is 10.2 Å². The summed E-state index contributed by atoms with van der Waals surface area (Å²) < 4.78 is 9.51. The standard InChI is InChI=1S/C15H20N2O6/c1-4-22-14(19)9-13(18)10(2)16-17-11-5-7-12(8-6-11)23-15(3,20)21/h5-8,10,20-21H,4,9H2,1-3H3/b17-16+. The molecule has 1 unspecified atom stereocenters. The maximum atomic E-state index is 11.7. The number of carbonyl (C=O) groups excluding carboxylic acids is 2. The minimum atomic E-state index is -2.27. The number of benzene rings is 1. The van der Waals surface area contributed by atoms with Crippen molar-refractivity contribution in [1.29, 1.82) is 0 Å². The van der Waals surface area contributed by atoms with Crippen LogP contribution in [0.4, 0.5) is 5.69 Å². The molecule has 1 aromatic rings. The van der Waals surface area contributed by atoms with E-state index in [1.807, 2.05) is 0 Å². The molecule has 0 saturated carbocycles. The number of hydrogen-bond donors (Lipinski definition) is 2. The normalized spacial score (nSPS) is 12.9. The average molecular weight is 324 g/mol. The van der Waals surface area contributed by atoms with Crippen molar-refractivity contribution in [1.82, 2.24) is 0 Å². The lowest BCUT2D eigenvalue weighted by Gasteiger charge is -2.17. The molecule has 0 aliphatic heterocycles. The number of ether oxygens (including phenoxy) is 2. The van der Waals surface area contributed by atoms with Crippen LogP contribution in [0.15, 0.2) is 34.5 Å². The fourth-order valence-electron chi connectivity index (χ4n) is 1.52. The van der Waals surface area contributed by atoms with Gasteiger partial charge in [-0.05, 0) is 38.1 Å².